The van der Waals surface area contributed by atoms with Crippen LogP contribution in [0.2, 0.25) is 0 Å². The zero-order valence-corrected chi connectivity index (χ0v) is 16.6. The predicted octanol–water partition coefficient (Wildman–Crippen LogP) is 2.04. The molecule has 0 bridgehead atoms. The minimum atomic E-state index is -0.00712. The summed E-state index contributed by atoms with van der Waals surface area (Å²) in [5, 5.41) is 6.75. The van der Waals surface area contributed by atoms with Gasteiger partial charge in [-0.15, -0.1) is 0 Å². The van der Waals surface area contributed by atoms with E-state index in [4.69, 9.17) is 14.5 Å². The van der Waals surface area contributed by atoms with Crippen LogP contribution in [0.3, 0.4) is 0 Å². The zero-order valence-electron chi connectivity index (χ0n) is 16.6. The van der Waals surface area contributed by atoms with Crippen LogP contribution in [0, 0.1) is 0 Å². The Labute approximate surface area is 158 Å². The van der Waals surface area contributed by atoms with E-state index in [1.54, 1.807) is 7.11 Å². The van der Waals surface area contributed by atoms with Gasteiger partial charge in [0.05, 0.1) is 25.9 Å². The highest BCUT2D eigenvalue weighted by Gasteiger charge is 2.28. The maximum Gasteiger partial charge on any atom is 0.191 e. The molecule has 0 aliphatic carbocycles. The molecular formula is C20H34N4O2. The molecule has 0 spiro atoms. The molecule has 6 nitrogen and oxygen atoms in total. The molecular weight excluding hydrogens is 328 g/mol. The molecule has 1 heterocycles. The van der Waals surface area contributed by atoms with Gasteiger partial charge in [0.25, 0.3) is 0 Å². The molecule has 6 heteroatoms. The van der Waals surface area contributed by atoms with Gasteiger partial charge >= 0.3 is 0 Å². The molecule has 1 atom stereocenters. The Morgan fingerprint density at radius 3 is 2.54 bits per heavy atom. The fourth-order valence-corrected chi connectivity index (χ4v) is 3.08. The SMILES string of the molecule is CCNC(=NCC(C)(C)N1CCOCC1)NCC(OC)c1ccccc1. The largest absolute Gasteiger partial charge is 0.379 e. The first-order chi connectivity index (χ1) is 12.6. The van der Waals surface area contributed by atoms with Gasteiger partial charge in [-0.2, -0.15) is 0 Å². The number of nitrogens with zero attached hydrogens (tertiary/aromatic N) is 2. The summed E-state index contributed by atoms with van der Waals surface area (Å²) in [6.45, 7) is 12.3. The third-order valence-electron chi connectivity index (χ3n) is 4.75. The summed E-state index contributed by atoms with van der Waals surface area (Å²) in [6, 6.07) is 10.3. The van der Waals surface area contributed by atoms with E-state index in [0.717, 1.165) is 50.9 Å². The minimum absolute atomic E-state index is 0.00617. The van der Waals surface area contributed by atoms with Crippen molar-refractivity contribution in [1.82, 2.24) is 15.5 Å². The Morgan fingerprint density at radius 1 is 1.23 bits per heavy atom. The number of guanidine groups is 1. The highest BCUT2D eigenvalue weighted by Crippen LogP contribution is 2.17. The molecule has 146 valence electrons. The molecule has 1 aromatic rings. The fourth-order valence-electron chi connectivity index (χ4n) is 3.08. The van der Waals surface area contributed by atoms with Crippen molar-refractivity contribution in [2.24, 2.45) is 4.99 Å². The summed E-state index contributed by atoms with van der Waals surface area (Å²) in [4.78, 5) is 7.27. The van der Waals surface area contributed by atoms with Crippen molar-refractivity contribution in [3.8, 4) is 0 Å². The highest BCUT2D eigenvalue weighted by molar-refractivity contribution is 5.79. The van der Waals surface area contributed by atoms with Crippen LogP contribution in [0.15, 0.2) is 35.3 Å². The Kier molecular flexibility index (Phi) is 8.35. The first-order valence-corrected chi connectivity index (χ1v) is 9.49. The number of ether oxygens (including phenoxy) is 2. The topological polar surface area (TPSA) is 58.1 Å². The smallest absolute Gasteiger partial charge is 0.191 e. The lowest BCUT2D eigenvalue weighted by molar-refractivity contribution is -0.00684. The van der Waals surface area contributed by atoms with Gasteiger partial charge in [0, 0.05) is 38.8 Å². The number of rotatable bonds is 8. The van der Waals surface area contributed by atoms with E-state index < -0.39 is 0 Å². The van der Waals surface area contributed by atoms with Gasteiger partial charge in [0.1, 0.15) is 0 Å². The van der Waals surface area contributed by atoms with E-state index in [1.807, 2.05) is 18.2 Å². The number of benzene rings is 1. The summed E-state index contributed by atoms with van der Waals surface area (Å²) in [7, 11) is 1.74. The minimum Gasteiger partial charge on any atom is -0.379 e. The molecule has 2 N–H and O–H groups in total. The van der Waals surface area contributed by atoms with Crippen molar-refractivity contribution in [2.75, 3.05) is 53.0 Å². The van der Waals surface area contributed by atoms with Gasteiger partial charge in [0.2, 0.25) is 0 Å². The molecule has 26 heavy (non-hydrogen) atoms. The lowest BCUT2D eigenvalue weighted by Gasteiger charge is -2.40. The summed E-state index contributed by atoms with van der Waals surface area (Å²) in [5.41, 5.74) is 1.17. The van der Waals surface area contributed by atoms with Crippen LogP contribution in [0.1, 0.15) is 32.4 Å². The molecule has 0 saturated carbocycles. The first-order valence-electron chi connectivity index (χ1n) is 9.49. The summed E-state index contributed by atoms with van der Waals surface area (Å²) in [6.07, 6.45) is -0.00712. The van der Waals surface area contributed by atoms with Gasteiger partial charge in [0.15, 0.2) is 5.96 Å². The van der Waals surface area contributed by atoms with Crippen molar-refractivity contribution in [3.05, 3.63) is 35.9 Å². The van der Waals surface area contributed by atoms with Crippen molar-refractivity contribution in [2.45, 2.75) is 32.4 Å². The number of hydrogen-bond acceptors (Lipinski definition) is 4. The third-order valence-corrected chi connectivity index (χ3v) is 4.75. The number of methoxy groups -OCH3 is 1. The first kappa shape index (κ1) is 20.7. The van der Waals surface area contributed by atoms with Gasteiger partial charge in [-0.1, -0.05) is 30.3 Å². The second-order valence-corrected chi connectivity index (χ2v) is 7.12. The van der Waals surface area contributed by atoms with Crippen molar-refractivity contribution in [3.63, 3.8) is 0 Å². The monoisotopic (exact) mass is 362 g/mol. The Hall–Kier alpha value is -1.63. The van der Waals surface area contributed by atoms with Crippen LogP contribution in [-0.4, -0.2) is 69.4 Å². The second kappa shape index (κ2) is 10.5. The van der Waals surface area contributed by atoms with Gasteiger partial charge < -0.3 is 20.1 Å². The normalized spacial score (nSPS) is 17.8. The Bertz CT molecular complexity index is 542. The third kappa shape index (κ3) is 6.27. The van der Waals surface area contributed by atoms with E-state index in [0.29, 0.717) is 6.54 Å². The molecule has 0 amide bonds. The van der Waals surface area contributed by atoms with Gasteiger partial charge in [-0.05, 0) is 26.3 Å². The fraction of sp³-hybridized carbons (Fsp3) is 0.650. The zero-order chi connectivity index (χ0) is 18.8. The maximum atomic E-state index is 5.64. The molecule has 1 aliphatic rings. The van der Waals surface area contributed by atoms with Crippen LogP contribution in [-0.2, 0) is 9.47 Å². The summed E-state index contributed by atoms with van der Waals surface area (Å²) in [5.74, 6) is 0.826. The molecule has 2 rings (SSSR count). The molecule has 1 aromatic carbocycles. The van der Waals surface area contributed by atoms with Gasteiger partial charge in [-0.25, -0.2) is 0 Å². The number of aliphatic imine (C=N–C) groups is 1. The number of nitrogens with one attached hydrogen (secondary N) is 2. The van der Waals surface area contributed by atoms with Crippen molar-refractivity contribution in [1.29, 1.82) is 0 Å². The lowest BCUT2D eigenvalue weighted by Crippen LogP contribution is -2.52. The summed E-state index contributed by atoms with van der Waals surface area (Å²) < 4.78 is 11.1. The van der Waals surface area contributed by atoms with Crippen molar-refractivity contribution >= 4 is 5.96 Å². The lowest BCUT2D eigenvalue weighted by atomic mass is 10.0. The molecule has 0 aromatic heterocycles. The molecule has 1 unspecified atom stereocenters. The number of morpholine rings is 1. The van der Waals surface area contributed by atoms with Crippen LogP contribution in [0.4, 0.5) is 0 Å². The van der Waals surface area contributed by atoms with E-state index >= 15 is 0 Å². The van der Waals surface area contributed by atoms with Crippen molar-refractivity contribution < 1.29 is 9.47 Å². The standard InChI is InChI=1S/C20H34N4O2/c1-5-21-19(22-15-18(25-4)17-9-7-6-8-10-17)23-16-20(2,3)24-11-13-26-14-12-24/h6-10,18H,5,11-16H2,1-4H3,(H2,21,22,23). The molecule has 1 fully saturated rings. The maximum absolute atomic E-state index is 5.64. The van der Waals surface area contributed by atoms with Crippen LogP contribution < -0.4 is 10.6 Å². The quantitative estimate of drug-likeness (QED) is 0.547. The second-order valence-electron chi connectivity index (χ2n) is 7.12. The van der Waals surface area contributed by atoms with Gasteiger partial charge in [-0.3, -0.25) is 9.89 Å². The highest BCUT2D eigenvalue weighted by atomic mass is 16.5. The van der Waals surface area contributed by atoms with E-state index in [-0.39, 0.29) is 11.6 Å². The predicted molar refractivity (Wildman–Crippen MR) is 107 cm³/mol. The van der Waals surface area contributed by atoms with E-state index in [1.165, 1.54) is 0 Å². The summed E-state index contributed by atoms with van der Waals surface area (Å²) >= 11 is 0. The average molecular weight is 363 g/mol. The Morgan fingerprint density at radius 2 is 1.92 bits per heavy atom. The van der Waals surface area contributed by atoms with E-state index in [9.17, 15) is 0 Å². The van der Waals surface area contributed by atoms with Crippen LogP contribution >= 0.6 is 0 Å². The average Bonchev–Trinajstić information content (AvgIpc) is 2.68. The Balaban J connectivity index is 1.95. The van der Waals surface area contributed by atoms with Crippen LogP contribution in [0.25, 0.3) is 0 Å². The molecule has 1 saturated heterocycles. The van der Waals surface area contributed by atoms with Crippen LogP contribution in [0.5, 0.6) is 0 Å². The number of hydrogen-bond donors (Lipinski definition) is 2. The molecule has 0 radical (unpaired) electrons. The molecule has 1 aliphatic heterocycles. The van der Waals surface area contributed by atoms with E-state index in [2.05, 4.69) is 48.4 Å².